The molecule has 0 bridgehead atoms. The Hall–Kier alpha value is -3.61. The van der Waals surface area contributed by atoms with Crippen LogP contribution in [0.1, 0.15) is 39.7 Å². The van der Waals surface area contributed by atoms with Gasteiger partial charge < -0.3 is 14.0 Å². The minimum absolute atomic E-state index is 0.177. The van der Waals surface area contributed by atoms with Gasteiger partial charge in [-0.1, -0.05) is 16.8 Å². The highest BCUT2D eigenvalue weighted by atomic mass is 35.5. The predicted molar refractivity (Wildman–Crippen MR) is 124 cm³/mol. The molecule has 1 aromatic carbocycles. The van der Waals surface area contributed by atoms with E-state index < -0.39 is 47.8 Å². The number of aliphatic imine (C=N–C) groups is 1. The van der Waals surface area contributed by atoms with Crippen LogP contribution in [0.4, 0.5) is 22.4 Å². The van der Waals surface area contributed by atoms with Crippen LogP contribution in [-0.4, -0.2) is 45.4 Å². The van der Waals surface area contributed by atoms with Gasteiger partial charge in [0.25, 0.3) is 6.02 Å². The lowest BCUT2D eigenvalue weighted by Gasteiger charge is -2.37. The Kier molecular flexibility index (Phi) is 6.69. The van der Waals surface area contributed by atoms with Gasteiger partial charge >= 0.3 is 12.3 Å². The molecule has 1 amide bonds. The van der Waals surface area contributed by atoms with Crippen molar-refractivity contribution in [1.82, 2.24) is 20.7 Å². The lowest BCUT2D eigenvalue weighted by Crippen LogP contribution is -2.49. The summed E-state index contributed by atoms with van der Waals surface area (Å²) >= 11 is 6.05. The molecular weight excluding hydrogens is 522 g/mol. The molecule has 2 N–H and O–H groups in total. The Balaban J connectivity index is 1.71. The maximum atomic E-state index is 15.1. The topological polar surface area (TPSA) is 115 Å². The summed E-state index contributed by atoms with van der Waals surface area (Å²) < 4.78 is 71.6. The quantitative estimate of drug-likeness (QED) is 0.393. The third-order valence-electron chi connectivity index (χ3n) is 5.35. The molecule has 3 heterocycles. The SMILES string of the molecule is CC(C)(C)OC(=O)NC1=N[C@](C)(c2cc(-c3cc(-c4[nH]ncc4Cl)no3)ccc2F)C[C@@H](C(F)(F)F)O1. The van der Waals surface area contributed by atoms with Crippen molar-refractivity contribution in [1.29, 1.82) is 0 Å². The minimum Gasteiger partial charge on any atom is -0.452 e. The van der Waals surface area contributed by atoms with E-state index in [0.29, 0.717) is 22.0 Å². The Morgan fingerprint density at radius 1 is 1.27 bits per heavy atom. The maximum Gasteiger partial charge on any atom is 0.425 e. The van der Waals surface area contributed by atoms with Crippen LogP contribution in [0.15, 0.2) is 40.0 Å². The number of halogens is 5. The monoisotopic (exact) mass is 543 g/mol. The molecule has 0 aliphatic carbocycles. The molecule has 1 aliphatic heterocycles. The molecule has 2 aromatic heterocycles. The van der Waals surface area contributed by atoms with E-state index in [4.69, 9.17) is 25.6 Å². The van der Waals surface area contributed by atoms with Crippen LogP contribution in [-0.2, 0) is 15.0 Å². The second kappa shape index (κ2) is 9.36. The van der Waals surface area contributed by atoms with Crippen molar-refractivity contribution in [2.75, 3.05) is 0 Å². The molecule has 14 heteroatoms. The number of aromatic nitrogens is 3. The third kappa shape index (κ3) is 5.87. The van der Waals surface area contributed by atoms with Gasteiger partial charge in [-0.15, -0.1) is 0 Å². The fraction of sp³-hybridized carbons (Fsp3) is 0.391. The van der Waals surface area contributed by atoms with Crippen molar-refractivity contribution in [3.05, 3.63) is 46.9 Å². The van der Waals surface area contributed by atoms with Gasteiger partial charge in [-0.05, 0) is 45.9 Å². The van der Waals surface area contributed by atoms with Crippen LogP contribution < -0.4 is 5.32 Å². The van der Waals surface area contributed by atoms with Crippen molar-refractivity contribution in [2.24, 2.45) is 4.99 Å². The molecule has 3 aromatic rings. The number of amides is 1. The van der Waals surface area contributed by atoms with Crippen LogP contribution in [0.3, 0.4) is 0 Å². The fourth-order valence-corrected chi connectivity index (χ4v) is 3.89. The molecule has 0 radical (unpaired) electrons. The number of alkyl carbamates (subject to hydrolysis) is 1. The van der Waals surface area contributed by atoms with Crippen LogP contribution in [0.2, 0.25) is 5.02 Å². The van der Waals surface area contributed by atoms with Crippen LogP contribution in [0, 0.1) is 5.82 Å². The number of hydrogen-bond acceptors (Lipinski definition) is 7. The lowest BCUT2D eigenvalue weighted by atomic mass is 9.84. The lowest BCUT2D eigenvalue weighted by molar-refractivity contribution is -0.208. The zero-order chi connectivity index (χ0) is 27.2. The predicted octanol–water partition coefficient (Wildman–Crippen LogP) is 5.97. The summed E-state index contributed by atoms with van der Waals surface area (Å²) in [7, 11) is 0. The van der Waals surface area contributed by atoms with E-state index in [1.54, 1.807) is 20.8 Å². The van der Waals surface area contributed by atoms with Crippen LogP contribution in [0.5, 0.6) is 0 Å². The number of ether oxygens (including phenoxy) is 2. The molecule has 0 fully saturated rings. The first kappa shape index (κ1) is 26.5. The summed E-state index contributed by atoms with van der Waals surface area (Å²) in [5.41, 5.74) is -1.85. The second-order valence-electron chi connectivity index (χ2n) is 9.53. The smallest absolute Gasteiger partial charge is 0.425 e. The number of nitrogens with one attached hydrogen (secondary N) is 2. The third-order valence-corrected chi connectivity index (χ3v) is 5.64. The number of H-pyrrole nitrogens is 1. The zero-order valence-corrected chi connectivity index (χ0v) is 20.8. The molecule has 1 aliphatic rings. The molecule has 0 saturated heterocycles. The standard InChI is InChI=1S/C23H22ClF4N5O4/c1-21(2,3)36-20(34)30-19-31-22(4,9-17(35-19)23(26,27)28)12-7-11(5-6-14(12)25)16-8-15(33-37-16)18-13(24)10-29-32-18/h5-8,10,17H,9H2,1-4H3,(H,29,32)(H,30,31,34)/t17-,22-/m0/s1. The number of benzene rings is 1. The first-order chi connectivity index (χ1) is 17.1. The van der Waals surface area contributed by atoms with Gasteiger partial charge in [0.1, 0.15) is 22.8 Å². The number of hydrogen-bond donors (Lipinski definition) is 2. The van der Waals surface area contributed by atoms with Gasteiger partial charge in [0, 0.05) is 23.6 Å². The molecule has 37 heavy (non-hydrogen) atoms. The molecule has 0 saturated carbocycles. The van der Waals surface area contributed by atoms with Gasteiger partial charge in [-0.25, -0.2) is 19.5 Å². The molecule has 2 atom stereocenters. The average Bonchev–Trinajstić information content (AvgIpc) is 3.40. The summed E-state index contributed by atoms with van der Waals surface area (Å²) in [5.74, 6) is -0.619. The van der Waals surface area contributed by atoms with Gasteiger partial charge in [0.15, 0.2) is 11.9 Å². The van der Waals surface area contributed by atoms with Crippen molar-refractivity contribution in [2.45, 2.75) is 57.5 Å². The zero-order valence-electron chi connectivity index (χ0n) is 20.0. The van der Waals surface area contributed by atoms with E-state index in [9.17, 15) is 18.0 Å². The normalized spacial score (nSPS) is 20.2. The van der Waals surface area contributed by atoms with E-state index in [1.807, 2.05) is 0 Å². The summed E-state index contributed by atoms with van der Waals surface area (Å²) in [4.78, 5) is 16.3. The molecule has 0 spiro atoms. The van der Waals surface area contributed by atoms with E-state index in [1.165, 1.54) is 31.3 Å². The highest BCUT2D eigenvalue weighted by Gasteiger charge is 2.50. The molecule has 0 unspecified atom stereocenters. The molecule has 198 valence electrons. The Morgan fingerprint density at radius 3 is 2.62 bits per heavy atom. The Bertz CT molecular complexity index is 1350. The van der Waals surface area contributed by atoms with E-state index >= 15 is 4.39 Å². The number of rotatable bonds is 3. The highest BCUT2D eigenvalue weighted by molar-refractivity contribution is 6.32. The van der Waals surface area contributed by atoms with Crippen LogP contribution in [0.25, 0.3) is 22.7 Å². The van der Waals surface area contributed by atoms with Crippen molar-refractivity contribution in [3.8, 4) is 22.7 Å². The van der Waals surface area contributed by atoms with E-state index in [2.05, 4.69) is 25.7 Å². The number of amidine groups is 1. The summed E-state index contributed by atoms with van der Waals surface area (Å²) in [6.07, 6.45) is -7.64. The molecule has 4 rings (SSSR count). The number of alkyl halides is 3. The molecular formula is C23H22ClF4N5O4. The first-order valence-corrected chi connectivity index (χ1v) is 11.3. The first-order valence-electron chi connectivity index (χ1n) is 10.9. The van der Waals surface area contributed by atoms with E-state index in [-0.39, 0.29) is 11.3 Å². The highest BCUT2D eigenvalue weighted by Crippen LogP contribution is 2.42. The van der Waals surface area contributed by atoms with Gasteiger partial charge in [0.05, 0.1) is 16.8 Å². The fourth-order valence-electron chi connectivity index (χ4n) is 3.71. The molecule has 9 nitrogen and oxygen atoms in total. The Morgan fingerprint density at radius 2 is 2.00 bits per heavy atom. The van der Waals surface area contributed by atoms with Gasteiger partial charge in [0.2, 0.25) is 0 Å². The van der Waals surface area contributed by atoms with Crippen molar-refractivity contribution >= 4 is 23.7 Å². The number of aromatic amines is 1. The second-order valence-corrected chi connectivity index (χ2v) is 9.94. The average molecular weight is 544 g/mol. The minimum atomic E-state index is -4.82. The van der Waals surface area contributed by atoms with Crippen LogP contribution >= 0.6 is 11.6 Å². The number of carbonyl (C=O) groups excluding carboxylic acids is 1. The van der Waals surface area contributed by atoms with Gasteiger partial charge in [-0.2, -0.15) is 18.3 Å². The summed E-state index contributed by atoms with van der Waals surface area (Å²) in [6, 6.07) is 4.54. The van der Waals surface area contributed by atoms with Gasteiger partial charge in [-0.3, -0.25) is 5.10 Å². The maximum absolute atomic E-state index is 15.1. The number of nitrogens with zero attached hydrogens (tertiary/aromatic N) is 3. The summed E-state index contributed by atoms with van der Waals surface area (Å²) in [6.45, 7) is 6.04. The largest absolute Gasteiger partial charge is 0.452 e. The Labute approximate surface area is 213 Å². The van der Waals surface area contributed by atoms with Crippen molar-refractivity contribution < 1.29 is 36.4 Å². The summed E-state index contributed by atoms with van der Waals surface area (Å²) in [5, 5.41) is 12.8. The van der Waals surface area contributed by atoms with E-state index in [0.717, 1.165) is 6.07 Å². The van der Waals surface area contributed by atoms with Crippen molar-refractivity contribution in [3.63, 3.8) is 0 Å². The number of carbonyl (C=O) groups is 1.